The highest BCUT2D eigenvalue weighted by molar-refractivity contribution is 5.09. The standard InChI is InChI=1S/C14H22O3/c1-2-17-14(7-4-3-5-8-14)13(15)10-12-6-9-16-11-12/h6,9,11,13,15H,2-5,7-8,10H2,1H3. The number of aliphatic hydroxyl groups is 1. The molecule has 1 aliphatic carbocycles. The van der Waals surface area contributed by atoms with Gasteiger partial charge in [0.05, 0.1) is 24.2 Å². The fraction of sp³-hybridized carbons (Fsp3) is 0.714. The second kappa shape index (κ2) is 5.69. The molecule has 1 heterocycles. The molecule has 0 spiro atoms. The van der Waals surface area contributed by atoms with Crippen LogP contribution in [-0.2, 0) is 11.2 Å². The van der Waals surface area contributed by atoms with E-state index in [4.69, 9.17) is 9.15 Å². The van der Waals surface area contributed by atoms with E-state index in [2.05, 4.69) is 0 Å². The first-order chi connectivity index (χ1) is 8.27. The van der Waals surface area contributed by atoms with Gasteiger partial charge in [-0.1, -0.05) is 19.3 Å². The van der Waals surface area contributed by atoms with Crippen LogP contribution in [0, 0.1) is 0 Å². The van der Waals surface area contributed by atoms with Crippen LogP contribution in [-0.4, -0.2) is 23.4 Å². The van der Waals surface area contributed by atoms with Gasteiger partial charge in [0, 0.05) is 13.0 Å². The Morgan fingerprint density at radius 3 is 2.76 bits per heavy atom. The summed E-state index contributed by atoms with van der Waals surface area (Å²) in [7, 11) is 0. The van der Waals surface area contributed by atoms with Crippen LogP contribution in [0.15, 0.2) is 23.0 Å². The summed E-state index contributed by atoms with van der Waals surface area (Å²) in [6.45, 7) is 2.67. The van der Waals surface area contributed by atoms with Crippen LogP contribution < -0.4 is 0 Å². The van der Waals surface area contributed by atoms with Crippen molar-refractivity contribution in [2.24, 2.45) is 0 Å². The maximum atomic E-state index is 10.5. The Hall–Kier alpha value is -0.800. The Bertz CT molecular complexity index is 307. The van der Waals surface area contributed by atoms with Gasteiger partial charge < -0.3 is 14.3 Å². The van der Waals surface area contributed by atoms with Gasteiger partial charge in [-0.05, 0) is 31.4 Å². The monoisotopic (exact) mass is 238 g/mol. The smallest absolute Gasteiger partial charge is 0.0943 e. The van der Waals surface area contributed by atoms with E-state index in [1.54, 1.807) is 12.5 Å². The third kappa shape index (κ3) is 2.90. The highest BCUT2D eigenvalue weighted by Gasteiger charge is 2.39. The molecule has 1 unspecified atom stereocenters. The van der Waals surface area contributed by atoms with Crippen LogP contribution in [0.25, 0.3) is 0 Å². The number of hydrogen-bond acceptors (Lipinski definition) is 3. The topological polar surface area (TPSA) is 42.6 Å². The van der Waals surface area contributed by atoms with Gasteiger partial charge in [-0.15, -0.1) is 0 Å². The lowest BCUT2D eigenvalue weighted by Crippen LogP contribution is -2.47. The average Bonchev–Trinajstić information content (AvgIpc) is 2.83. The van der Waals surface area contributed by atoms with Gasteiger partial charge in [-0.2, -0.15) is 0 Å². The minimum absolute atomic E-state index is 0.329. The Morgan fingerprint density at radius 1 is 1.41 bits per heavy atom. The van der Waals surface area contributed by atoms with E-state index >= 15 is 0 Å². The summed E-state index contributed by atoms with van der Waals surface area (Å²) in [5.41, 5.74) is 0.715. The van der Waals surface area contributed by atoms with Gasteiger partial charge in [0.15, 0.2) is 0 Å². The molecule has 0 radical (unpaired) electrons. The first kappa shape index (κ1) is 12.7. The Labute approximate surface area is 103 Å². The van der Waals surface area contributed by atoms with Crippen molar-refractivity contribution in [2.45, 2.75) is 57.2 Å². The quantitative estimate of drug-likeness (QED) is 0.857. The maximum Gasteiger partial charge on any atom is 0.0943 e. The van der Waals surface area contributed by atoms with Crippen molar-refractivity contribution in [1.29, 1.82) is 0 Å². The zero-order chi connectivity index (χ0) is 12.1. The van der Waals surface area contributed by atoms with Crippen molar-refractivity contribution in [3.8, 4) is 0 Å². The molecular formula is C14H22O3. The first-order valence-corrected chi connectivity index (χ1v) is 6.60. The minimum atomic E-state index is -0.430. The molecule has 0 aliphatic heterocycles. The predicted molar refractivity (Wildman–Crippen MR) is 65.9 cm³/mol. The van der Waals surface area contributed by atoms with E-state index in [9.17, 15) is 5.11 Å². The molecular weight excluding hydrogens is 216 g/mol. The van der Waals surface area contributed by atoms with Gasteiger partial charge in [-0.25, -0.2) is 0 Å². The second-order valence-electron chi connectivity index (χ2n) is 4.91. The molecule has 0 aromatic carbocycles. The van der Waals surface area contributed by atoms with E-state index in [1.807, 2.05) is 13.0 Å². The Morgan fingerprint density at radius 2 is 2.18 bits per heavy atom. The number of ether oxygens (including phenoxy) is 1. The van der Waals surface area contributed by atoms with E-state index in [-0.39, 0.29) is 5.60 Å². The summed E-state index contributed by atoms with van der Waals surface area (Å²) in [5, 5.41) is 10.5. The lowest BCUT2D eigenvalue weighted by atomic mass is 9.78. The average molecular weight is 238 g/mol. The SMILES string of the molecule is CCOC1(C(O)Cc2ccoc2)CCCCC1. The summed E-state index contributed by atoms with van der Waals surface area (Å²) in [6.07, 6.45) is 9.05. The Balaban J connectivity index is 2.03. The lowest BCUT2D eigenvalue weighted by Gasteiger charge is -2.40. The number of rotatable bonds is 5. The summed E-state index contributed by atoms with van der Waals surface area (Å²) < 4.78 is 10.9. The Kier molecular flexibility index (Phi) is 4.24. The van der Waals surface area contributed by atoms with E-state index < -0.39 is 6.10 Å². The van der Waals surface area contributed by atoms with Crippen LogP contribution >= 0.6 is 0 Å². The van der Waals surface area contributed by atoms with Gasteiger partial charge in [0.2, 0.25) is 0 Å². The lowest BCUT2D eigenvalue weighted by molar-refractivity contribution is -0.138. The summed E-state index contributed by atoms with van der Waals surface area (Å²) in [5.74, 6) is 0. The molecule has 17 heavy (non-hydrogen) atoms. The van der Waals surface area contributed by atoms with Crippen molar-refractivity contribution in [3.63, 3.8) is 0 Å². The summed E-state index contributed by atoms with van der Waals surface area (Å²) in [6, 6.07) is 1.91. The second-order valence-corrected chi connectivity index (χ2v) is 4.91. The molecule has 1 fully saturated rings. The van der Waals surface area contributed by atoms with Gasteiger partial charge >= 0.3 is 0 Å². The summed E-state index contributed by atoms with van der Waals surface area (Å²) in [4.78, 5) is 0. The van der Waals surface area contributed by atoms with Crippen molar-refractivity contribution >= 4 is 0 Å². The van der Waals surface area contributed by atoms with Crippen molar-refractivity contribution < 1.29 is 14.3 Å². The maximum absolute atomic E-state index is 10.5. The molecule has 1 aromatic heterocycles. The molecule has 3 heteroatoms. The zero-order valence-electron chi connectivity index (χ0n) is 10.5. The van der Waals surface area contributed by atoms with Crippen LogP contribution in [0.1, 0.15) is 44.6 Å². The molecule has 0 saturated heterocycles. The third-order valence-corrected chi connectivity index (χ3v) is 3.75. The molecule has 0 bridgehead atoms. The molecule has 1 saturated carbocycles. The normalized spacial score (nSPS) is 21.3. The van der Waals surface area contributed by atoms with Gasteiger partial charge in [-0.3, -0.25) is 0 Å². The number of hydrogen-bond donors (Lipinski definition) is 1. The minimum Gasteiger partial charge on any atom is -0.472 e. The van der Waals surface area contributed by atoms with Crippen molar-refractivity contribution in [1.82, 2.24) is 0 Å². The highest BCUT2D eigenvalue weighted by atomic mass is 16.5. The van der Waals surface area contributed by atoms with Crippen LogP contribution in [0.2, 0.25) is 0 Å². The molecule has 0 amide bonds. The van der Waals surface area contributed by atoms with E-state index in [0.29, 0.717) is 13.0 Å². The summed E-state index contributed by atoms with van der Waals surface area (Å²) >= 11 is 0. The molecule has 1 aliphatic rings. The zero-order valence-corrected chi connectivity index (χ0v) is 10.5. The largest absolute Gasteiger partial charge is 0.472 e. The van der Waals surface area contributed by atoms with E-state index in [1.165, 1.54) is 6.42 Å². The fourth-order valence-corrected chi connectivity index (χ4v) is 2.83. The number of aliphatic hydroxyl groups excluding tert-OH is 1. The molecule has 1 aromatic rings. The van der Waals surface area contributed by atoms with Crippen molar-refractivity contribution in [2.75, 3.05) is 6.61 Å². The van der Waals surface area contributed by atoms with Crippen LogP contribution in [0.5, 0.6) is 0 Å². The molecule has 2 rings (SSSR count). The van der Waals surface area contributed by atoms with E-state index in [0.717, 1.165) is 31.2 Å². The fourth-order valence-electron chi connectivity index (χ4n) is 2.83. The van der Waals surface area contributed by atoms with Crippen molar-refractivity contribution in [3.05, 3.63) is 24.2 Å². The highest BCUT2D eigenvalue weighted by Crippen LogP contribution is 2.35. The number of furan rings is 1. The van der Waals surface area contributed by atoms with Crippen LogP contribution in [0.4, 0.5) is 0 Å². The molecule has 1 N–H and O–H groups in total. The van der Waals surface area contributed by atoms with Crippen LogP contribution in [0.3, 0.4) is 0 Å². The third-order valence-electron chi connectivity index (χ3n) is 3.75. The predicted octanol–water partition coefficient (Wildman–Crippen LogP) is 2.92. The molecule has 3 nitrogen and oxygen atoms in total. The van der Waals surface area contributed by atoms with Gasteiger partial charge in [0.1, 0.15) is 0 Å². The van der Waals surface area contributed by atoms with Gasteiger partial charge in [0.25, 0.3) is 0 Å². The first-order valence-electron chi connectivity index (χ1n) is 6.60. The molecule has 96 valence electrons. The molecule has 1 atom stereocenters.